The minimum absolute atomic E-state index is 0.0693. The fourth-order valence-electron chi connectivity index (χ4n) is 4.04. The first-order valence-corrected chi connectivity index (χ1v) is 11.1. The summed E-state index contributed by atoms with van der Waals surface area (Å²) in [7, 11) is 0. The molecule has 9 nitrogen and oxygen atoms in total. The second-order valence-electron chi connectivity index (χ2n) is 7.78. The topological polar surface area (TPSA) is 110 Å². The molecule has 34 heavy (non-hydrogen) atoms. The molecule has 10 heteroatoms. The van der Waals surface area contributed by atoms with Gasteiger partial charge in [-0.25, -0.2) is 0 Å². The van der Waals surface area contributed by atoms with E-state index in [1.165, 1.54) is 12.1 Å². The summed E-state index contributed by atoms with van der Waals surface area (Å²) in [5.41, 5.74) is 2.71. The maximum atomic E-state index is 13.1. The molecule has 1 aliphatic rings. The Labute approximate surface area is 199 Å². The highest BCUT2D eigenvalue weighted by Crippen LogP contribution is 2.30. The summed E-state index contributed by atoms with van der Waals surface area (Å²) in [5, 5.41) is 19.0. The number of nitrogens with one attached hydrogen (secondary N) is 2. The second kappa shape index (κ2) is 9.08. The van der Waals surface area contributed by atoms with E-state index in [4.69, 9.17) is 21.4 Å². The maximum Gasteiger partial charge on any atom is 0.270 e. The van der Waals surface area contributed by atoms with Crippen LogP contribution in [0.3, 0.4) is 0 Å². The predicted octanol–water partition coefficient (Wildman–Crippen LogP) is 4.46. The number of rotatable bonds is 4. The van der Waals surface area contributed by atoms with Gasteiger partial charge in [0.25, 0.3) is 11.6 Å². The van der Waals surface area contributed by atoms with E-state index in [1.54, 1.807) is 12.1 Å². The fourth-order valence-corrected chi connectivity index (χ4v) is 4.25. The van der Waals surface area contributed by atoms with Gasteiger partial charge in [-0.3, -0.25) is 20.2 Å². The first-order chi connectivity index (χ1) is 16.5. The van der Waals surface area contributed by atoms with Crippen LogP contribution in [0.15, 0.2) is 65.1 Å². The minimum atomic E-state index is -0.535. The van der Waals surface area contributed by atoms with E-state index < -0.39 is 10.8 Å². The number of hydrogen-bond acceptors (Lipinski definition) is 7. The summed E-state index contributed by atoms with van der Waals surface area (Å²) in [6.07, 6.45) is 0. The molecule has 0 bridgehead atoms. The number of morpholine rings is 1. The highest BCUT2D eigenvalue weighted by molar-refractivity contribution is 7.80. The van der Waals surface area contributed by atoms with Crippen LogP contribution in [-0.2, 0) is 4.74 Å². The number of nitro benzene ring substituents is 1. The smallest absolute Gasteiger partial charge is 0.270 e. The molecular weight excluding hydrogens is 456 g/mol. The lowest BCUT2D eigenvalue weighted by atomic mass is 10.1. The first-order valence-electron chi connectivity index (χ1n) is 10.6. The number of anilines is 2. The standard InChI is InChI=1S/C24H20N4O5S/c29-23(19-14-16(28(30)31)6-8-20(19)27-9-11-32-12-10-27)26-24(34)25-15-5-7-18-17-3-1-2-4-21(17)33-22(18)13-15/h1-8,13-14H,9-12H2,(H2,25,26,29,34). The van der Waals surface area contributed by atoms with Crippen molar-refractivity contribution in [2.24, 2.45) is 0 Å². The molecule has 0 saturated carbocycles. The van der Waals surface area contributed by atoms with Gasteiger partial charge >= 0.3 is 0 Å². The number of carbonyl (C=O) groups is 1. The molecule has 3 aromatic carbocycles. The molecule has 0 atom stereocenters. The number of nitrogens with zero attached hydrogens (tertiary/aromatic N) is 2. The Morgan fingerprint density at radius 3 is 2.56 bits per heavy atom. The van der Waals surface area contributed by atoms with Gasteiger partial charge < -0.3 is 19.4 Å². The first kappa shape index (κ1) is 21.8. The van der Waals surface area contributed by atoms with Gasteiger partial charge in [0.05, 0.1) is 29.4 Å². The number of furan rings is 1. The van der Waals surface area contributed by atoms with E-state index >= 15 is 0 Å². The molecule has 5 rings (SSSR count). The number of para-hydroxylation sites is 1. The number of ether oxygens (including phenoxy) is 1. The van der Waals surface area contributed by atoms with Gasteiger partial charge in [0.1, 0.15) is 11.2 Å². The number of non-ortho nitro benzene ring substituents is 1. The van der Waals surface area contributed by atoms with Crippen molar-refractivity contribution < 1.29 is 18.9 Å². The van der Waals surface area contributed by atoms with Crippen molar-refractivity contribution in [3.05, 3.63) is 76.3 Å². The van der Waals surface area contributed by atoms with Gasteiger partial charge in [-0.15, -0.1) is 0 Å². The van der Waals surface area contributed by atoms with Crippen LogP contribution in [0.5, 0.6) is 0 Å². The summed E-state index contributed by atoms with van der Waals surface area (Å²) < 4.78 is 11.3. The van der Waals surface area contributed by atoms with E-state index in [-0.39, 0.29) is 16.4 Å². The number of fused-ring (bicyclic) bond motifs is 3. The second-order valence-corrected chi connectivity index (χ2v) is 8.18. The van der Waals surface area contributed by atoms with Crippen LogP contribution < -0.4 is 15.5 Å². The van der Waals surface area contributed by atoms with Crippen LogP contribution in [0.1, 0.15) is 10.4 Å². The molecule has 2 heterocycles. The highest BCUT2D eigenvalue weighted by Gasteiger charge is 2.22. The lowest BCUT2D eigenvalue weighted by molar-refractivity contribution is -0.384. The zero-order valence-electron chi connectivity index (χ0n) is 17.9. The van der Waals surface area contributed by atoms with Crippen LogP contribution in [0, 0.1) is 10.1 Å². The van der Waals surface area contributed by atoms with Crippen LogP contribution in [0.2, 0.25) is 0 Å². The van der Waals surface area contributed by atoms with E-state index in [0.29, 0.717) is 43.3 Å². The lowest BCUT2D eigenvalue weighted by Crippen LogP contribution is -2.39. The van der Waals surface area contributed by atoms with Gasteiger partial charge in [0.15, 0.2) is 5.11 Å². The Bertz CT molecular complexity index is 1430. The quantitative estimate of drug-likeness (QED) is 0.252. The van der Waals surface area contributed by atoms with Crippen molar-refractivity contribution in [1.29, 1.82) is 0 Å². The molecule has 0 aliphatic carbocycles. The number of benzene rings is 3. The molecule has 1 aliphatic heterocycles. The lowest BCUT2D eigenvalue weighted by Gasteiger charge is -2.30. The molecule has 1 fully saturated rings. The van der Waals surface area contributed by atoms with E-state index in [0.717, 1.165) is 16.4 Å². The maximum absolute atomic E-state index is 13.1. The number of carbonyl (C=O) groups excluding carboxylic acids is 1. The van der Waals surface area contributed by atoms with Crippen molar-refractivity contribution in [2.75, 3.05) is 36.5 Å². The number of thiocarbonyl (C=S) groups is 1. The number of amides is 1. The van der Waals surface area contributed by atoms with Crippen LogP contribution >= 0.6 is 12.2 Å². The van der Waals surface area contributed by atoms with Gasteiger partial charge in [0, 0.05) is 47.7 Å². The third-order valence-corrected chi connectivity index (χ3v) is 5.86. The molecule has 1 amide bonds. The Hall–Kier alpha value is -4.02. The van der Waals surface area contributed by atoms with Crippen LogP contribution in [0.4, 0.5) is 17.1 Å². The summed E-state index contributed by atoms with van der Waals surface area (Å²) in [4.78, 5) is 25.8. The highest BCUT2D eigenvalue weighted by atomic mass is 32.1. The van der Waals surface area contributed by atoms with Crippen molar-refractivity contribution >= 4 is 62.2 Å². The van der Waals surface area contributed by atoms with Crippen molar-refractivity contribution in [3.63, 3.8) is 0 Å². The normalized spacial score (nSPS) is 13.7. The van der Waals surface area contributed by atoms with Gasteiger partial charge in [-0.1, -0.05) is 18.2 Å². The number of nitro groups is 1. The predicted molar refractivity (Wildman–Crippen MR) is 134 cm³/mol. The number of hydrogen-bond donors (Lipinski definition) is 2. The van der Waals surface area contributed by atoms with Crippen LogP contribution in [0.25, 0.3) is 21.9 Å². The molecule has 1 saturated heterocycles. The Morgan fingerprint density at radius 2 is 1.76 bits per heavy atom. The van der Waals surface area contributed by atoms with Gasteiger partial charge in [-0.2, -0.15) is 0 Å². The van der Waals surface area contributed by atoms with Gasteiger partial charge in [0.2, 0.25) is 0 Å². The summed E-state index contributed by atoms with van der Waals surface area (Å²) in [6, 6.07) is 17.6. The van der Waals surface area contributed by atoms with E-state index in [1.807, 2.05) is 41.3 Å². The summed E-state index contributed by atoms with van der Waals surface area (Å²) in [6.45, 7) is 2.20. The van der Waals surface area contributed by atoms with E-state index in [9.17, 15) is 14.9 Å². The Balaban J connectivity index is 1.36. The summed E-state index contributed by atoms with van der Waals surface area (Å²) in [5.74, 6) is -0.535. The zero-order chi connectivity index (χ0) is 23.7. The zero-order valence-corrected chi connectivity index (χ0v) is 18.8. The van der Waals surface area contributed by atoms with Crippen LogP contribution in [-0.4, -0.2) is 42.2 Å². The molecule has 4 aromatic rings. The van der Waals surface area contributed by atoms with Crippen molar-refractivity contribution in [2.45, 2.75) is 0 Å². The molecule has 0 radical (unpaired) electrons. The molecule has 1 aromatic heterocycles. The third-order valence-electron chi connectivity index (χ3n) is 5.65. The van der Waals surface area contributed by atoms with Crippen molar-refractivity contribution in [1.82, 2.24) is 5.32 Å². The molecule has 0 unspecified atom stereocenters. The fraction of sp³-hybridized carbons (Fsp3) is 0.167. The monoisotopic (exact) mass is 476 g/mol. The molecule has 2 N–H and O–H groups in total. The Kier molecular flexibility index (Phi) is 5.83. The molecular formula is C24H20N4O5S. The van der Waals surface area contributed by atoms with Crippen molar-refractivity contribution in [3.8, 4) is 0 Å². The third kappa shape index (κ3) is 4.28. The molecule has 172 valence electrons. The average molecular weight is 477 g/mol. The molecule has 0 spiro atoms. The average Bonchev–Trinajstić information content (AvgIpc) is 3.21. The minimum Gasteiger partial charge on any atom is -0.456 e. The van der Waals surface area contributed by atoms with Gasteiger partial charge in [-0.05, 0) is 36.5 Å². The summed E-state index contributed by atoms with van der Waals surface area (Å²) >= 11 is 5.34. The largest absolute Gasteiger partial charge is 0.456 e. The van der Waals surface area contributed by atoms with E-state index in [2.05, 4.69) is 10.6 Å². The SMILES string of the molecule is O=C(NC(=S)Nc1ccc2c(c1)oc1ccccc12)c1cc([N+](=O)[O-])ccc1N1CCOCC1. The Morgan fingerprint density at radius 1 is 1.00 bits per heavy atom.